The maximum absolute atomic E-state index is 2.54. The predicted molar refractivity (Wildman–Crippen MR) is 115 cm³/mol. The molecule has 1 aromatic heterocycles. The number of aromatic nitrogens is 1. The smallest absolute Gasteiger partial charge is 0.265 e. The van der Waals surface area contributed by atoms with Gasteiger partial charge in [0.1, 0.15) is 4.70 Å². The zero-order valence-corrected chi connectivity index (χ0v) is 16.8. The van der Waals surface area contributed by atoms with Gasteiger partial charge in [0.05, 0.1) is 10.7 Å². The highest BCUT2D eigenvalue weighted by Crippen LogP contribution is 2.50. The summed E-state index contributed by atoms with van der Waals surface area (Å²) in [7, 11) is 0. The van der Waals surface area contributed by atoms with Crippen LogP contribution in [0.4, 0.5) is 5.69 Å². The highest BCUT2D eigenvalue weighted by molar-refractivity contribution is 8.03. The van der Waals surface area contributed by atoms with E-state index in [0.29, 0.717) is 0 Å². The number of allylic oxidation sites excluding steroid dienone is 3. The Kier molecular flexibility index (Phi) is 3.69. The Hall–Kier alpha value is -2.04. The number of hydrogen-bond donors (Lipinski definition) is 0. The monoisotopic (exact) mass is 389 g/mol. The van der Waals surface area contributed by atoms with Crippen LogP contribution in [0, 0.1) is 0 Å². The van der Waals surface area contributed by atoms with Crippen molar-refractivity contribution in [2.45, 2.75) is 37.1 Å². The maximum atomic E-state index is 2.54. The number of para-hydroxylation sites is 2. The Morgan fingerprint density at radius 3 is 2.85 bits per heavy atom. The topological polar surface area (TPSA) is 7.12 Å². The summed E-state index contributed by atoms with van der Waals surface area (Å²) in [6, 6.07) is 17.7. The van der Waals surface area contributed by atoms with E-state index in [0.717, 1.165) is 13.1 Å². The van der Waals surface area contributed by atoms with Crippen LogP contribution in [0.1, 0.15) is 30.7 Å². The van der Waals surface area contributed by atoms with E-state index in [1.54, 1.807) is 0 Å². The van der Waals surface area contributed by atoms with Crippen molar-refractivity contribution in [3.05, 3.63) is 70.2 Å². The van der Waals surface area contributed by atoms with Gasteiger partial charge in [0.25, 0.3) is 5.01 Å². The molecule has 3 aliphatic heterocycles. The SMILES string of the molecule is C(=C1CCC[n+]2c1sc1ccccc12)C1=C2Sc3ccccc3N2CCC1. The van der Waals surface area contributed by atoms with Crippen LogP contribution in [0.2, 0.25) is 0 Å². The van der Waals surface area contributed by atoms with Gasteiger partial charge in [-0.05, 0) is 49.1 Å². The van der Waals surface area contributed by atoms with E-state index in [4.69, 9.17) is 0 Å². The fourth-order valence-electron chi connectivity index (χ4n) is 4.54. The second kappa shape index (κ2) is 6.25. The van der Waals surface area contributed by atoms with Crippen molar-refractivity contribution >= 4 is 44.6 Å². The molecule has 0 bridgehead atoms. The molecule has 0 spiro atoms. The predicted octanol–water partition coefficient (Wildman–Crippen LogP) is 5.98. The summed E-state index contributed by atoms with van der Waals surface area (Å²) in [5.74, 6) is 0. The fourth-order valence-corrected chi connectivity index (χ4v) is 7.00. The first-order valence-corrected chi connectivity index (χ1v) is 11.4. The molecule has 2 aromatic carbocycles. The molecule has 0 unspecified atom stereocenters. The molecule has 134 valence electrons. The van der Waals surface area contributed by atoms with Crippen molar-refractivity contribution in [2.24, 2.45) is 0 Å². The molecular formula is C23H21N2S2+. The number of benzene rings is 2. The van der Waals surface area contributed by atoms with Crippen molar-refractivity contribution in [1.29, 1.82) is 0 Å². The first kappa shape index (κ1) is 16.0. The first-order chi connectivity index (χ1) is 13.4. The van der Waals surface area contributed by atoms with Gasteiger partial charge in [-0.1, -0.05) is 47.4 Å². The molecule has 3 aliphatic rings. The van der Waals surface area contributed by atoms with Gasteiger partial charge in [-0.3, -0.25) is 0 Å². The van der Waals surface area contributed by atoms with Gasteiger partial charge in [0.2, 0.25) is 5.52 Å². The zero-order valence-electron chi connectivity index (χ0n) is 15.1. The van der Waals surface area contributed by atoms with Gasteiger partial charge in [-0.15, -0.1) is 0 Å². The molecule has 0 N–H and O–H groups in total. The highest BCUT2D eigenvalue weighted by atomic mass is 32.2. The third-order valence-corrected chi connectivity index (χ3v) is 8.25. The minimum Gasteiger partial charge on any atom is -0.335 e. The van der Waals surface area contributed by atoms with E-state index in [1.165, 1.54) is 67.7 Å². The molecule has 0 saturated carbocycles. The summed E-state index contributed by atoms with van der Waals surface area (Å²) in [5, 5.41) is 2.93. The van der Waals surface area contributed by atoms with E-state index in [2.05, 4.69) is 64.1 Å². The molecule has 6 rings (SSSR count). The average Bonchev–Trinajstić information content (AvgIpc) is 3.28. The minimum atomic E-state index is 1.15. The highest BCUT2D eigenvalue weighted by Gasteiger charge is 2.32. The number of nitrogens with zero attached hydrogens (tertiary/aromatic N) is 2. The van der Waals surface area contributed by atoms with Crippen LogP contribution >= 0.6 is 23.1 Å². The van der Waals surface area contributed by atoms with Gasteiger partial charge in [0, 0.05) is 29.5 Å². The van der Waals surface area contributed by atoms with E-state index in [1.807, 2.05) is 23.1 Å². The normalized spacial score (nSPS) is 20.1. The van der Waals surface area contributed by atoms with E-state index in [-0.39, 0.29) is 0 Å². The van der Waals surface area contributed by atoms with Gasteiger partial charge >= 0.3 is 0 Å². The van der Waals surface area contributed by atoms with Crippen LogP contribution in [0.15, 0.2) is 70.1 Å². The van der Waals surface area contributed by atoms with Gasteiger partial charge in [0.15, 0.2) is 6.54 Å². The number of hydrogen-bond acceptors (Lipinski definition) is 3. The summed E-state index contributed by atoms with van der Waals surface area (Å²) in [5.41, 5.74) is 5.86. The number of anilines is 1. The van der Waals surface area contributed by atoms with Crippen LogP contribution in [0.3, 0.4) is 0 Å². The van der Waals surface area contributed by atoms with Gasteiger partial charge in [-0.25, -0.2) is 0 Å². The number of fused-ring (bicyclic) bond motifs is 6. The Morgan fingerprint density at radius 1 is 0.963 bits per heavy atom. The van der Waals surface area contributed by atoms with Crippen LogP contribution in [0.5, 0.6) is 0 Å². The van der Waals surface area contributed by atoms with Crippen LogP contribution in [0.25, 0.3) is 15.8 Å². The molecule has 0 fully saturated rings. The molecule has 4 heterocycles. The summed E-state index contributed by atoms with van der Waals surface area (Å²) in [6.07, 6.45) is 7.40. The Bertz CT molecular complexity index is 1120. The van der Waals surface area contributed by atoms with Gasteiger partial charge < -0.3 is 4.90 Å². The number of thiazole rings is 1. The van der Waals surface area contributed by atoms with E-state index >= 15 is 0 Å². The Labute approximate surface area is 167 Å². The van der Waals surface area contributed by atoms with Gasteiger partial charge in [-0.2, -0.15) is 4.57 Å². The number of aryl methyl sites for hydroxylation is 1. The molecular weight excluding hydrogens is 368 g/mol. The van der Waals surface area contributed by atoms with Crippen molar-refractivity contribution in [3.63, 3.8) is 0 Å². The second-order valence-electron chi connectivity index (χ2n) is 7.46. The van der Waals surface area contributed by atoms with Crippen molar-refractivity contribution in [2.75, 3.05) is 11.4 Å². The molecule has 0 aliphatic carbocycles. The van der Waals surface area contributed by atoms with Crippen molar-refractivity contribution in [1.82, 2.24) is 0 Å². The quantitative estimate of drug-likeness (QED) is 0.472. The number of thioether (sulfide) groups is 1. The Morgan fingerprint density at radius 2 is 1.85 bits per heavy atom. The van der Waals surface area contributed by atoms with Crippen molar-refractivity contribution in [3.8, 4) is 0 Å². The van der Waals surface area contributed by atoms with E-state index in [9.17, 15) is 0 Å². The number of rotatable bonds is 1. The minimum absolute atomic E-state index is 1.15. The molecule has 3 aromatic rings. The van der Waals surface area contributed by atoms with Crippen LogP contribution in [-0.2, 0) is 6.54 Å². The second-order valence-corrected chi connectivity index (χ2v) is 9.52. The summed E-state index contributed by atoms with van der Waals surface area (Å²) < 4.78 is 3.95. The summed E-state index contributed by atoms with van der Waals surface area (Å²) in [4.78, 5) is 3.95. The summed E-state index contributed by atoms with van der Waals surface area (Å²) >= 11 is 3.92. The first-order valence-electron chi connectivity index (χ1n) is 9.78. The molecule has 0 amide bonds. The van der Waals surface area contributed by atoms with Crippen LogP contribution in [-0.4, -0.2) is 6.54 Å². The molecule has 27 heavy (non-hydrogen) atoms. The third-order valence-electron chi connectivity index (χ3n) is 5.77. The lowest BCUT2D eigenvalue weighted by Crippen LogP contribution is -2.38. The maximum Gasteiger partial charge on any atom is 0.265 e. The summed E-state index contributed by atoms with van der Waals surface area (Å²) in [6.45, 7) is 2.30. The molecule has 2 nitrogen and oxygen atoms in total. The zero-order chi connectivity index (χ0) is 17.8. The lowest BCUT2D eigenvalue weighted by atomic mass is 10.00. The lowest BCUT2D eigenvalue weighted by molar-refractivity contribution is -0.672. The molecule has 0 atom stereocenters. The Balaban J connectivity index is 1.47. The largest absolute Gasteiger partial charge is 0.335 e. The standard InChI is InChI=1S/C23H21N2S2/c1-3-11-20-18(9-1)24-13-5-7-16(22(24)26-20)15-17-8-6-14-25-19-10-2-4-12-21(19)27-23(17)25/h1-4,9-12,15H,5-8,13-14H2/q+1. The van der Waals surface area contributed by atoms with E-state index < -0.39 is 0 Å². The lowest BCUT2D eigenvalue weighted by Gasteiger charge is -2.27. The fraction of sp³-hybridized carbons (Fsp3) is 0.261. The third kappa shape index (κ3) is 2.50. The van der Waals surface area contributed by atoms with Crippen molar-refractivity contribution < 1.29 is 4.57 Å². The van der Waals surface area contributed by atoms with Crippen LogP contribution < -0.4 is 9.47 Å². The molecule has 0 radical (unpaired) electrons. The molecule has 0 saturated heterocycles. The average molecular weight is 390 g/mol. The molecule has 4 heteroatoms.